The first-order chi connectivity index (χ1) is 5.38. The summed E-state index contributed by atoms with van der Waals surface area (Å²) in [6.07, 6.45) is 2.82. The molecule has 0 saturated heterocycles. The molecule has 11 heavy (non-hydrogen) atoms. The van der Waals surface area contributed by atoms with Crippen LogP contribution in [0.1, 0.15) is 12.0 Å². The van der Waals surface area contributed by atoms with Crippen molar-refractivity contribution >= 4 is 11.4 Å². The molecule has 56 valence electrons. The molecule has 0 spiro atoms. The number of nitrogens with one attached hydrogen (secondary N) is 1. The third kappa shape index (κ3) is 1.00. The maximum absolute atomic E-state index is 4.20. The Labute approximate surface area is 66.0 Å². The molecule has 0 aliphatic carbocycles. The van der Waals surface area contributed by atoms with Crippen molar-refractivity contribution < 1.29 is 0 Å². The Balaban J connectivity index is 2.52. The number of anilines is 1. The van der Waals surface area contributed by atoms with E-state index in [-0.39, 0.29) is 0 Å². The van der Waals surface area contributed by atoms with Crippen molar-refractivity contribution in [2.45, 2.75) is 6.42 Å². The summed E-state index contributed by atoms with van der Waals surface area (Å²) in [6, 6.07) is 3.99. The molecular formula is C9H10N2. The number of rotatable bonds is 0. The first kappa shape index (κ1) is 6.40. The first-order valence-electron chi connectivity index (χ1n) is 3.75. The predicted molar refractivity (Wildman–Crippen MR) is 46.4 cm³/mol. The average Bonchev–Trinajstić information content (AvgIpc) is 2.06. The van der Waals surface area contributed by atoms with Crippen LogP contribution < -0.4 is 5.32 Å². The van der Waals surface area contributed by atoms with E-state index >= 15 is 0 Å². The van der Waals surface area contributed by atoms with E-state index in [4.69, 9.17) is 0 Å². The van der Waals surface area contributed by atoms with Crippen molar-refractivity contribution in [3.05, 3.63) is 30.5 Å². The van der Waals surface area contributed by atoms with Gasteiger partial charge in [-0.05, 0) is 24.1 Å². The van der Waals surface area contributed by atoms with Gasteiger partial charge in [0, 0.05) is 18.3 Å². The van der Waals surface area contributed by atoms with Gasteiger partial charge in [-0.25, -0.2) is 4.98 Å². The quantitative estimate of drug-likeness (QED) is 0.604. The molecule has 1 aromatic heterocycles. The molecular weight excluding hydrogens is 136 g/mol. The third-order valence-electron chi connectivity index (χ3n) is 1.91. The zero-order valence-corrected chi connectivity index (χ0v) is 6.30. The minimum Gasteiger partial charge on any atom is -0.369 e. The number of pyridine rings is 1. The number of fused-ring (bicyclic) bond motifs is 1. The fourth-order valence-corrected chi connectivity index (χ4v) is 1.30. The minimum absolute atomic E-state index is 0.961. The molecule has 2 rings (SSSR count). The molecule has 1 aliphatic heterocycles. The van der Waals surface area contributed by atoms with Gasteiger partial charge in [0.25, 0.3) is 0 Å². The van der Waals surface area contributed by atoms with Crippen LogP contribution in [0, 0.1) is 0 Å². The summed E-state index contributed by atoms with van der Waals surface area (Å²) in [6.45, 7) is 4.94. The summed E-state index contributed by atoms with van der Waals surface area (Å²) in [5.41, 5.74) is 2.35. The second-order valence-electron chi connectivity index (χ2n) is 2.68. The highest BCUT2D eigenvalue weighted by Gasteiger charge is 2.10. The van der Waals surface area contributed by atoms with Crippen molar-refractivity contribution in [3.63, 3.8) is 0 Å². The molecule has 0 unspecified atom stereocenters. The Hall–Kier alpha value is -1.31. The monoisotopic (exact) mass is 146 g/mol. The Bertz CT molecular complexity index is 291. The van der Waals surface area contributed by atoms with Crippen molar-refractivity contribution in [1.29, 1.82) is 0 Å². The van der Waals surface area contributed by atoms with E-state index in [1.54, 1.807) is 6.20 Å². The van der Waals surface area contributed by atoms with Gasteiger partial charge < -0.3 is 5.32 Å². The van der Waals surface area contributed by atoms with E-state index in [9.17, 15) is 0 Å². The van der Waals surface area contributed by atoms with Crippen molar-refractivity contribution in [2.75, 3.05) is 11.9 Å². The standard InChI is InChI=1S/C9H10N2/c1-7-4-6-11-9-8(7)3-2-5-10-9/h2-3,5H,1,4,6H2,(H,10,11). The second-order valence-corrected chi connectivity index (χ2v) is 2.68. The number of aromatic nitrogens is 1. The molecule has 2 heteroatoms. The van der Waals surface area contributed by atoms with E-state index in [2.05, 4.69) is 22.9 Å². The molecule has 1 N–H and O–H groups in total. The molecule has 1 aromatic rings. The topological polar surface area (TPSA) is 24.9 Å². The number of hydrogen-bond acceptors (Lipinski definition) is 2. The van der Waals surface area contributed by atoms with Gasteiger partial charge in [0.15, 0.2) is 0 Å². The molecule has 0 atom stereocenters. The fraction of sp³-hybridized carbons (Fsp3) is 0.222. The van der Waals surface area contributed by atoms with Crippen LogP contribution in [-0.2, 0) is 0 Å². The lowest BCUT2D eigenvalue weighted by molar-refractivity contribution is 1.02. The molecule has 0 fully saturated rings. The van der Waals surface area contributed by atoms with Gasteiger partial charge >= 0.3 is 0 Å². The van der Waals surface area contributed by atoms with Gasteiger partial charge in [-0.3, -0.25) is 0 Å². The van der Waals surface area contributed by atoms with E-state index < -0.39 is 0 Å². The van der Waals surface area contributed by atoms with Gasteiger partial charge in [0.05, 0.1) is 0 Å². The highest BCUT2D eigenvalue weighted by atomic mass is 15.0. The fourth-order valence-electron chi connectivity index (χ4n) is 1.30. The van der Waals surface area contributed by atoms with Crippen molar-refractivity contribution in [2.24, 2.45) is 0 Å². The lowest BCUT2D eigenvalue weighted by atomic mass is 10.0. The molecule has 0 saturated carbocycles. The number of nitrogens with zero attached hydrogens (tertiary/aromatic N) is 1. The van der Waals surface area contributed by atoms with Crippen molar-refractivity contribution in [1.82, 2.24) is 4.98 Å². The Kier molecular flexibility index (Phi) is 1.39. The van der Waals surface area contributed by atoms with E-state index in [0.29, 0.717) is 0 Å². The van der Waals surface area contributed by atoms with Crippen LogP contribution >= 0.6 is 0 Å². The van der Waals surface area contributed by atoms with Crippen molar-refractivity contribution in [3.8, 4) is 0 Å². The smallest absolute Gasteiger partial charge is 0.133 e. The summed E-state index contributed by atoms with van der Waals surface area (Å²) in [5, 5.41) is 3.22. The molecule has 0 aromatic carbocycles. The molecule has 2 heterocycles. The highest BCUT2D eigenvalue weighted by molar-refractivity contribution is 5.75. The maximum Gasteiger partial charge on any atom is 0.133 e. The normalized spacial score (nSPS) is 15.5. The van der Waals surface area contributed by atoms with Crippen LogP contribution in [0.5, 0.6) is 0 Å². The summed E-state index contributed by atoms with van der Waals surface area (Å²) < 4.78 is 0. The van der Waals surface area contributed by atoms with Gasteiger partial charge in [-0.2, -0.15) is 0 Å². The zero-order chi connectivity index (χ0) is 7.68. The van der Waals surface area contributed by atoms with Crippen LogP contribution in [0.2, 0.25) is 0 Å². The average molecular weight is 146 g/mol. The van der Waals surface area contributed by atoms with Gasteiger partial charge in [-0.15, -0.1) is 0 Å². The van der Waals surface area contributed by atoms with Crippen LogP contribution in [0.3, 0.4) is 0 Å². The largest absolute Gasteiger partial charge is 0.369 e. The van der Waals surface area contributed by atoms with Crippen LogP contribution in [0.4, 0.5) is 5.82 Å². The maximum atomic E-state index is 4.20. The SMILES string of the molecule is C=C1CCNc2ncccc21. The third-order valence-corrected chi connectivity index (χ3v) is 1.91. The van der Waals surface area contributed by atoms with Gasteiger partial charge in [0.2, 0.25) is 0 Å². The lowest BCUT2D eigenvalue weighted by Gasteiger charge is -2.17. The molecule has 0 radical (unpaired) electrons. The Morgan fingerprint density at radius 3 is 3.27 bits per heavy atom. The van der Waals surface area contributed by atoms with Gasteiger partial charge in [0.1, 0.15) is 5.82 Å². The molecule has 1 aliphatic rings. The second kappa shape index (κ2) is 2.38. The van der Waals surface area contributed by atoms with Crippen LogP contribution in [0.15, 0.2) is 24.9 Å². The summed E-state index contributed by atoms with van der Waals surface area (Å²) in [4.78, 5) is 4.20. The predicted octanol–water partition coefficient (Wildman–Crippen LogP) is 1.91. The minimum atomic E-state index is 0.961. The zero-order valence-electron chi connectivity index (χ0n) is 6.30. The summed E-state index contributed by atoms with van der Waals surface area (Å²) in [7, 11) is 0. The van der Waals surface area contributed by atoms with E-state index in [0.717, 1.165) is 18.8 Å². The summed E-state index contributed by atoms with van der Waals surface area (Å²) in [5.74, 6) is 0.976. The van der Waals surface area contributed by atoms with Crippen LogP contribution in [-0.4, -0.2) is 11.5 Å². The van der Waals surface area contributed by atoms with E-state index in [1.165, 1.54) is 11.1 Å². The molecule has 0 bridgehead atoms. The number of hydrogen-bond donors (Lipinski definition) is 1. The van der Waals surface area contributed by atoms with E-state index in [1.807, 2.05) is 6.07 Å². The lowest BCUT2D eigenvalue weighted by Crippen LogP contribution is -2.11. The highest BCUT2D eigenvalue weighted by Crippen LogP contribution is 2.26. The Morgan fingerprint density at radius 2 is 2.45 bits per heavy atom. The van der Waals surface area contributed by atoms with Gasteiger partial charge in [-0.1, -0.05) is 6.58 Å². The first-order valence-corrected chi connectivity index (χ1v) is 3.75. The Morgan fingerprint density at radius 1 is 1.55 bits per heavy atom. The molecule has 0 amide bonds. The summed E-state index contributed by atoms with van der Waals surface area (Å²) >= 11 is 0. The van der Waals surface area contributed by atoms with Crippen LogP contribution in [0.25, 0.3) is 5.57 Å². The molecule has 2 nitrogen and oxygen atoms in total.